The van der Waals surface area contributed by atoms with Gasteiger partial charge >= 0.3 is 0 Å². The molecule has 0 fully saturated rings. The van der Waals surface area contributed by atoms with Crippen molar-refractivity contribution in [1.29, 1.82) is 0 Å². The number of rotatable bonds is 9. The van der Waals surface area contributed by atoms with Crippen molar-refractivity contribution in [2.24, 2.45) is 0 Å². The first-order chi connectivity index (χ1) is 11.6. The van der Waals surface area contributed by atoms with Crippen LogP contribution in [0.1, 0.15) is 22.3 Å². The van der Waals surface area contributed by atoms with Gasteiger partial charge in [0.1, 0.15) is 5.75 Å². The monoisotopic (exact) mass is 347 g/mol. The second kappa shape index (κ2) is 9.42. The van der Waals surface area contributed by atoms with E-state index in [2.05, 4.69) is 0 Å². The fourth-order valence-electron chi connectivity index (χ4n) is 2.35. The molecule has 128 valence electrons. The normalized spacial score (nSPS) is 10.8. The Morgan fingerprint density at radius 2 is 2.00 bits per heavy atom. The molecule has 0 saturated heterocycles. The van der Waals surface area contributed by atoms with Crippen LogP contribution in [-0.2, 0) is 6.54 Å². The minimum absolute atomic E-state index is 0.0374. The van der Waals surface area contributed by atoms with Crippen molar-refractivity contribution in [3.63, 3.8) is 0 Å². The predicted molar refractivity (Wildman–Crippen MR) is 95.8 cm³/mol. The van der Waals surface area contributed by atoms with Gasteiger partial charge in [0.15, 0.2) is 5.78 Å². The first-order valence-electron chi connectivity index (χ1n) is 7.88. The van der Waals surface area contributed by atoms with Crippen LogP contribution in [0, 0.1) is 0 Å². The molecule has 0 amide bonds. The highest BCUT2D eigenvalue weighted by molar-refractivity contribution is 6.31. The Bertz CT molecular complexity index is 675. The number of likely N-dealkylation sites (N-methyl/N-ethyl adjacent to an activating group) is 1. The van der Waals surface area contributed by atoms with Crippen LogP contribution in [0.5, 0.6) is 5.75 Å². The third-order valence-corrected chi connectivity index (χ3v) is 3.72. The van der Waals surface area contributed by atoms with Crippen LogP contribution >= 0.6 is 11.6 Å². The number of carbonyl (C=O) groups excluding carboxylic acids is 1. The van der Waals surface area contributed by atoms with E-state index in [1.807, 2.05) is 36.2 Å². The Balaban J connectivity index is 1.90. The zero-order valence-electron chi connectivity index (χ0n) is 13.7. The minimum Gasteiger partial charge on any atom is -0.493 e. The van der Waals surface area contributed by atoms with E-state index in [9.17, 15) is 4.79 Å². The molecule has 0 aromatic heterocycles. The fraction of sp³-hybridized carbons (Fsp3) is 0.316. The highest BCUT2D eigenvalue weighted by Gasteiger charge is 2.10. The van der Waals surface area contributed by atoms with E-state index in [0.717, 1.165) is 11.3 Å². The summed E-state index contributed by atoms with van der Waals surface area (Å²) in [7, 11) is 1.90. The maximum Gasteiger partial charge on any atom is 0.176 e. The number of benzene rings is 2. The van der Waals surface area contributed by atoms with Crippen molar-refractivity contribution in [1.82, 2.24) is 4.90 Å². The summed E-state index contributed by atoms with van der Waals surface area (Å²) >= 11 is 5.93. The molecule has 0 saturated carbocycles. The van der Waals surface area contributed by atoms with Crippen molar-refractivity contribution in [2.75, 3.05) is 26.8 Å². The topological polar surface area (TPSA) is 49.8 Å². The molecule has 4 nitrogen and oxygen atoms in total. The summed E-state index contributed by atoms with van der Waals surface area (Å²) in [6.45, 7) is 1.57. The number of Topliss-reactive ketones (excluding diaryl/α,β-unsaturated/α-hetero) is 1. The average molecular weight is 348 g/mol. The lowest BCUT2D eigenvalue weighted by atomic mass is 10.1. The number of hydrogen-bond acceptors (Lipinski definition) is 4. The van der Waals surface area contributed by atoms with Crippen LogP contribution in [-0.4, -0.2) is 42.6 Å². The van der Waals surface area contributed by atoms with E-state index >= 15 is 0 Å². The number of carbonyl (C=O) groups is 1. The Hall–Kier alpha value is -1.88. The van der Waals surface area contributed by atoms with Gasteiger partial charge in [-0.25, -0.2) is 0 Å². The molecule has 0 unspecified atom stereocenters. The van der Waals surface area contributed by atoms with Crippen LogP contribution in [0.4, 0.5) is 0 Å². The van der Waals surface area contributed by atoms with Crippen molar-refractivity contribution in [3.05, 3.63) is 64.7 Å². The molecule has 24 heavy (non-hydrogen) atoms. The number of nitrogens with zero attached hydrogens (tertiary/aromatic N) is 1. The van der Waals surface area contributed by atoms with Gasteiger partial charge in [-0.1, -0.05) is 35.9 Å². The van der Waals surface area contributed by atoms with E-state index < -0.39 is 0 Å². The molecule has 2 aromatic rings. The molecule has 1 N–H and O–H groups in total. The number of aliphatic hydroxyl groups excluding tert-OH is 1. The highest BCUT2D eigenvalue weighted by atomic mass is 35.5. The average Bonchev–Trinajstić information content (AvgIpc) is 2.55. The van der Waals surface area contributed by atoms with Gasteiger partial charge in [0.25, 0.3) is 0 Å². The van der Waals surface area contributed by atoms with Gasteiger partial charge < -0.3 is 9.84 Å². The molecular weight excluding hydrogens is 326 g/mol. The molecule has 5 heteroatoms. The smallest absolute Gasteiger partial charge is 0.176 e. The van der Waals surface area contributed by atoms with Crippen LogP contribution in [0.2, 0.25) is 5.02 Å². The summed E-state index contributed by atoms with van der Waals surface area (Å²) in [6, 6.07) is 14.8. The summed E-state index contributed by atoms with van der Waals surface area (Å²) in [4.78, 5) is 14.2. The standard InChI is InChI=1S/C19H22ClNO3/c1-21(14-19(23)16-6-3-7-17(20)12-16)13-15-5-2-8-18(11-15)24-10-4-9-22/h2-3,5-8,11-12,22H,4,9-10,13-14H2,1H3. The van der Waals surface area contributed by atoms with Crippen LogP contribution < -0.4 is 4.74 Å². The second-order valence-corrected chi connectivity index (χ2v) is 6.12. The van der Waals surface area contributed by atoms with Crippen LogP contribution in [0.3, 0.4) is 0 Å². The predicted octanol–water partition coefficient (Wildman–Crippen LogP) is 3.42. The molecule has 0 aliphatic heterocycles. The first-order valence-corrected chi connectivity index (χ1v) is 8.26. The van der Waals surface area contributed by atoms with Crippen molar-refractivity contribution in [3.8, 4) is 5.75 Å². The Morgan fingerprint density at radius 3 is 2.75 bits per heavy atom. The molecule has 0 spiro atoms. The summed E-state index contributed by atoms with van der Waals surface area (Å²) in [6.07, 6.45) is 0.609. The van der Waals surface area contributed by atoms with Crippen molar-refractivity contribution < 1.29 is 14.6 Å². The second-order valence-electron chi connectivity index (χ2n) is 5.68. The maximum atomic E-state index is 12.3. The third kappa shape index (κ3) is 5.96. The Kier molecular flexibility index (Phi) is 7.25. The minimum atomic E-state index is 0.0374. The molecule has 2 rings (SSSR count). The molecule has 0 atom stereocenters. The SMILES string of the molecule is CN(CC(=O)c1cccc(Cl)c1)Cc1cccc(OCCCO)c1. The van der Waals surface area contributed by atoms with Crippen LogP contribution in [0.15, 0.2) is 48.5 Å². The molecule has 0 radical (unpaired) electrons. The van der Waals surface area contributed by atoms with E-state index in [0.29, 0.717) is 36.7 Å². The van der Waals surface area contributed by atoms with Gasteiger partial charge in [-0.2, -0.15) is 0 Å². The van der Waals surface area contributed by atoms with E-state index in [-0.39, 0.29) is 12.4 Å². The van der Waals surface area contributed by atoms with Gasteiger partial charge in [0.2, 0.25) is 0 Å². The van der Waals surface area contributed by atoms with Gasteiger partial charge in [-0.15, -0.1) is 0 Å². The molecular formula is C19H22ClNO3. The molecule has 0 aliphatic carbocycles. The number of hydrogen-bond donors (Lipinski definition) is 1. The molecule has 0 aliphatic rings. The zero-order valence-corrected chi connectivity index (χ0v) is 14.5. The molecule has 0 bridgehead atoms. The van der Waals surface area contributed by atoms with Gasteiger partial charge in [-0.05, 0) is 36.9 Å². The Labute approximate surface area is 147 Å². The summed E-state index contributed by atoms with van der Waals surface area (Å²) in [5.41, 5.74) is 1.69. The number of aliphatic hydroxyl groups is 1. The largest absolute Gasteiger partial charge is 0.493 e. The van der Waals surface area contributed by atoms with Crippen molar-refractivity contribution in [2.45, 2.75) is 13.0 Å². The lowest BCUT2D eigenvalue weighted by Gasteiger charge is -2.16. The summed E-state index contributed by atoms with van der Waals surface area (Å²) in [5.74, 6) is 0.811. The number of ketones is 1. The third-order valence-electron chi connectivity index (χ3n) is 3.48. The van der Waals surface area contributed by atoms with E-state index in [1.54, 1.807) is 24.3 Å². The van der Waals surface area contributed by atoms with Gasteiger partial charge in [0, 0.05) is 30.2 Å². The summed E-state index contributed by atoms with van der Waals surface area (Å²) < 4.78 is 5.57. The van der Waals surface area contributed by atoms with Gasteiger partial charge in [0.05, 0.1) is 13.2 Å². The zero-order chi connectivity index (χ0) is 17.4. The number of halogens is 1. The van der Waals surface area contributed by atoms with E-state index in [1.165, 1.54) is 0 Å². The van der Waals surface area contributed by atoms with Crippen molar-refractivity contribution >= 4 is 17.4 Å². The fourth-order valence-corrected chi connectivity index (χ4v) is 2.54. The first kappa shape index (κ1) is 18.5. The Morgan fingerprint density at radius 1 is 1.21 bits per heavy atom. The molecule has 2 aromatic carbocycles. The molecule has 0 heterocycles. The lowest BCUT2D eigenvalue weighted by Crippen LogP contribution is -2.25. The van der Waals surface area contributed by atoms with Gasteiger partial charge in [-0.3, -0.25) is 9.69 Å². The maximum absolute atomic E-state index is 12.3. The highest BCUT2D eigenvalue weighted by Crippen LogP contribution is 2.16. The van der Waals surface area contributed by atoms with Crippen LogP contribution in [0.25, 0.3) is 0 Å². The quantitative estimate of drug-likeness (QED) is 0.558. The van der Waals surface area contributed by atoms with E-state index in [4.69, 9.17) is 21.4 Å². The number of ether oxygens (including phenoxy) is 1. The summed E-state index contributed by atoms with van der Waals surface area (Å²) in [5, 5.41) is 9.35. The lowest BCUT2D eigenvalue weighted by molar-refractivity contribution is 0.0943.